The van der Waals surface area contributed by atoms with E-state index in [0.717, 1.165) is 18.5 Å². The number of nitrogens with zero attached hydrogens (tertiary/aromatic N) is 3. The van der Waals surface area contributed by atoms with Gasteiger partial charge in [0.05, 0.1) is 12.8 Å². The summed E-state index contributed by atoms with van der Waals surface area (Å²) >= 11 is 6.00. The Kier molecular flexibility index (Phi) is 5.90. The van der Waals surface area contributed by atoms with Gasteiger partial charge in [-0.15, -0.1) is 10.2 Å². The van der Waals surface area contributed by atoms with Crippen molar-refractivity contribution in [3.8, 4) is 17.0 Å². The van der Waals surface area contributed by atoms with Gasteiger partial charge in [0.15, 0.2) is 5.82 Å². The molecule has 0 atom stereocenters. The van der Waals surface area contributed by atoms with Crippen molar-refractivity contribution >= 4 is 33.1 Å². The molecule has 0 amide bonds. The number of aromatic nitrogens is 2. The van der Waals surface area contributed by atoms with Gasteiger partial charge in [0.25, 0.3) is 0 Å². The van der Waals surface area contributed by atoms with Crippen molar-refractivity contribution in [2.75, 3.05) is 25.5 Å². The van der Waals surface area contributed by atoms with Gasteiger partial charge in [0, 0.05) is 29.4 Å². The average molecular weight is 445 g/mol. The molecule has 156 valence electrons. The first-order chi connectivity index (χ1) is 14.5. The molecule has 0 unspecified atom stereocenters. The van der Waals surface area contributed by atoms with Gasteiger partial charge in [-0.3, -0.25) is 0 Å². The molecule has 0 aliphatic carbocycles. The van der Waals surface area contributed by atoms with Gasteiger partial charge in [-0.1, -0.05) is 17.7 Å². The van der Waals surface area contributed by atoms with E-state index in [1.165, 1.54) is 11.4 Å². The third kappa shape index (κ3) is 4.26. The number of ether oxygens (including phenoxy) is 1. The molecule has 1 N–H and O–H groups in total. The number of methoxy groups -OCH3 is 1. The number of anilines is 2. The molecule has 1 aliphatic heterocycles. The lowest BCUT2D eigenvalue weighted by atomic mass is 10.1. The summed E-state index contributed by atoms with van der Waals surface area (Å²) < 4.78 is 33.0. The first kappa shape index (κ1) is 20.6. The summed E-state index contributed by atoms with van der Waals surface area (Å²) in [6, 6.07) is 15.9. The maximum atomic E-state index is 13.1. The molecule has 1 aliphatic rings. The van der Waals surface area contributed by atoms with Crippen molar-refractivity contribution in [3.05, 3.63) is 59.6 Å². The van der Waals surface area contributed by atoms with Gasteiger partial charge < -0.3 is 10.1 Å². The number of halogens is 1. The predicted octanol–water partition coefficient (Wildman–Crippen LogP) is 4.33. The second-order valence-corrected chi connectivity index (χ2v) is 9.26. The minimum Gasteiger partial charge on any atom is -0.495 e. The van der Waals surface area contributed by atoms with Crippen LogP contribution in [0.1, 0.15) is 12.8 Å². The first-order valence-electron chi connectivity index (χ1n) is 9.52. The molecule has 2 heterocycles. The lowest BCUT2D eigenvalue weighted by molar-refractivity contribution is 0.398. The zero-order valence-corrected chi connectivity index (χ0v) is 17.9. The van der Waals surface area contributed by atoms with E-state index in [-0.39, 0.29) is 4.90 Å². The van der Waals surface area contributed by atoms with E-state index in [2.05, 4.69) is 15.5 Å². The zero-order chi connectivity index (χ0) is 21.1. The van der Waals surface area contributed by atoms with Crippen LogP contribution in [0, 0.1) is 0 Å². The number of benzene rings is 2. The lowest BCUT2D eigenvalue weighted by Gasteiger charge is -2.18. The van der Waals surface area contributed by atoms with Crippen LogP contribution in [0.4, 0.5) is 11.5 Å². The Morgan fingerprint density at radius 1 is 1.03 bits per heavy atom. The molecule has 7 nitrogen and oxygen atoms in total. The maximum absolute atomic E-state index is 13.1. The zero-order valence-electron chi connectivity index (χ0n) is 16.4. The van der Waals surface area contributed by atoms with E-state index in [0.29, 0.717) is 40.9 Å². The number of rotatable bonds is 6. The largest absolute Gasteiger partial charge is 0.495 e. The summed E-state index contributed by atoms with van der Waals surface area (Å²) in [5, 5.41) is 12.2. The normalized spacial score (nSPS) is 14.6. The van der Waals surface area contributed by atoms with Crippen LogP contribution >= 0.6 is 11.6 Å². The molecule has 0 radical (unpaired) electrons. The summed E-state index contributed by atoms with van der Waals surface area (Å²) in [6.07, 6.45) is 1.74. The van der Waals surface area contributed by atoms with Gasteiger partial charge in [-0.05, 0) is 61.4 Å². The fourth-order valence-corrected chi connectivity index (χ4v) is 5.26. The topological polar surface area (TPSA) is 84.4 Å². The summed E-state index contributed by atoms with van der Waals surface area (Å²) in [7, 11) is -2.16. The second-order valence-electron chi connectivity index (χ2n) is 6.92. The van der Waals surface area contributed by atoms with Crippen molar-refractivity contribution in [2.24, 2.45) is 0 Å². The molecule has 4 rings (SSSR count). The molecular formula is C21H21ClN4O3S. The molecule has 30 heavy (non-hydrogen) atoms. The van der Waals surface area contributed by atoms with E-state index in [4.69, 9.17) is 16.3 Å². The van der Waals surface area contributed by atoms with Gasteiger partial charge in [-0.25, -0.2) is 8.42 Å². The number of hydrogen-bond acceptors (Lipinski definition) is 6. The molecule has 1 fully saturated rings. The number of hydrogen-bond donors (Lipinski definition) is 1. The fraction of sp³-hybridized carbons (Fsp3) is 0.238. The van der Waals surface area contributed by atoms with Crippen LogP contribution in [0.15, 0.2) is 59.5 Å². The molecule has 0 spiro atoms. The standard InChI is InChI=1S/C21H21ClN4O3S/c1-29-19-9-7-15(13-20(19)30(27,28)26-11-2-3-12-26)18-8-10-21(25-24-18)23-17-6-4-5-16(22)14-17/h4-10,13-14H,2-3,11-12H2,1H3,(H,23,25). The predicted molar refractivity (Wildman–Crippen MR) is 117 cm³/mol. The highest BCUT2D eigenvalue weighted by atomic mass is 35.5. The van der Waals surface area contributed by atoms with Crippen molar-refractivity contribution in [1.82, 2.24) is 14.5 Å². The van der Waals surface area contributed by atoms with Gasteiger partial charge in [-0.2, -0.15) is 4.31 Å². The highest BCUT2D eigenvalue weighted by Gasteiger charge is 2.30. The third-order valence-corrected chi connectivity index (χ3v) is 7.06. The quantitative estimate of drug-likeness (QED) is 0.609. The first-order valence-corrected chi connectivity index (χ1v) is 11.3. The summed E-state index contributed by atoms with van der Waals surface area (Å²) in [5.41, 5.74) is 2.01. The van der Waals surface area contributed by atoms with Gasteiger partial charge in [0.1, 0.15) is 10.6 Å². The Hall–Kier alpha value is -2.68. The Morgan fingerprint density at radius 3 is 2.50 bits per heavy atom. The van der Waals surface area contributed by atoms with Crippen molar-refractivity contribution in [1.29, 1.82) is 0 Å². The third-order valence-electron chi connectivity index (χ3n) is 4.90. The van der Waals surface area contributed by atoms with Crippen LogP contribution in [0.2, 0.25) is 5.02 Å². The van der Waals surface area contributed by atoms with E-state index in [1.807, 2.05) is 12.1 Å². The molecule has 2 aromatic carbocycles. The minimum atomic E-state index is -3.63. The molecule has 1 aromatic heterocycles. The van der Waals surface area contributed by atoms with E-state index in [9.17, 15) is 8.42 Å². The van der Waals surface area contributed by atoms with Crippen molar-refractivity contribution in [2.45, 2.75) is 17.7 Å². The molecule has 1 saturated heterocycles. The van der Waals surface area contributed by atoms with E-state index in [1.54, 1.807) is 42.5 Å². The van der Waals surface area contributed by atoms with Crippen LogP contribution in [0.5, 0.6) is 5.75 Å². The van der Waals surface area contributed by atoms with Crippen LogP contribution < -0.4 is 10.1 Å². The highest BCUT2D eigenvalue weighted by molar-refractivity contribution is 7.89. The SMILES string of the molecule is COc1ccc(-c2ccc(Nc3cccc(Cl)c3)nn2)cc1S(=O)(=O)N1CCCC1. The van der Waals surface area contributed by atoms with E-state index < -0.39 is 10.0 Å². The Labute approximate surface area is 180 Å². The smallest absolute Gasteiger partial charge is 0.246 e. The number of sulfonamides is 1. The Balaban J connectivity index is 1.62. The van der Waals surface area contributed by atoms with Crippen LogP contribution in [0.3, 0.4) is 0 Å². The summed E-state index contributed by atoms with van der Waals surface area (Å²) in [5.74, 6) is 0.872. The van der Waals surface area contributed by atoms with Crippen LogP contribution in [-0.2, 0) is 10.0 Å². The summed E-state index contributed by atoms with van der Waals surface area (Å²) in [6.45, 7) is 1.05. The average Bonchev–Trinajstić information content (AvgIpc) is 3.30. The van der Waals surface area contributed by atoms with Gasteiger partial charge >= 0.3 is 0 Å². The van der Waals surface area contributed by atoms with Crippen molar-refractivity contribution < 1.29 is 13.2 Å². The molecule has 0 saturated carbocycles. The molecule has 0 bridgehead atoms. The Bertz CT molecular complexity index is 1150. The second kappa shape index (κ2) is 8.59. The monoisotopic (exact) mass is 444 g/mol. The molecular weight excluding hydrogens is 424 g/mol. The van der Waals surface area contributed by atoms with Crippen LogP contribution in [0.25, 0.3) is 11.3 Å². The lowest BCUT2D eigenvalue weighted by Crippen LogP contribution is -2.28. The highest BCUT2D eigenvalue weighted by Crippen LogP contribution is 2.32. The van der Waals surface area contributed by atoms with Crippen molar-refractivity contribution in [3.63, 3.8) is 0 Å². The molecule has 9 heteroatoms. The number of nitrogens with one attached hydrogen (secondary N) is 1. The Morgan fingerprint density at radius 2 is 1.83 bits per heavy atom. The maximum Gasteiger partial charge on any atom is 0.246 e. The van der Waals surface area contributed by atoms with Crippen LogP contribution in [-0.4, -0.2) is 43.1 Å². The molecule has 3 aromatic rings. The van der Waals surface area contributed by atoms with E-state index >= 15 is 0 Å². The van der Waals surface area contributed by atoms with Gasteiger partial charge in [0.2, 0.25) is 10.0 Å². The summed E-state index contributed by atoms with van der Waals surface area (Å²) in [4.78, 5) is 0.146. The fourth-order valence-electron chi connectivity index (χ4n) is 3.37. The minimum absolute atomic E-state index is 0.146.